The van der Waals surface area contributed by atoms with Crippen molar-refractivity contribution < 1.29 is 14.0 Å². The monoisotopic (exact) mass is 368 g/mol. The number of fused-ring (bicyclic) bond motifs is 1. The van der Waals surface area contributed by atoms with Gasteiger partial charge in [0, 0.05) is 19.2 Å². The number of para-hydroxylation sites is 1. The first-order chi connectivity index (χ1) is 13.0. The third kappa shape index (κ3) is 4.13. The van der Waals surface area contributed by atoms with Crippen molar-refractivity contribution in [3.63, 3.8) is 0 Å². The maximum absolute atomic E-state index is 13.5. The van der Waals surface area contributed by atoms with Crippen molar-refractivity contribution in [2.45, 2.75) is 26.7 Å². The molecule has 0 radical (unpaired) electrons. The number of benzene rings is 1. The summed E-state index contributed by atoms with van der Waals surface area (Å²) in [6.45, 7) is 4.07. The molecule has 0 saturated carbocycles. The average molecular weight is 368 g/mol. The number of nitrogens with one attached hydrogen (secondary N) is 2. The summed E-state index contributed by atoms with van der Waals surface area (Å²) >= 11 is 0. The SMILES string of the molecule is Cc1nc2c(C)cccn2c1C(=O)NCCCC(=O)Nc1ccccc1F. The molecule has 3 rings (SSSR count). The van der Waals surface area contributed by atoms with E-state index in [9.17, 15) is 14.0 Å². The first-order valence-corrected chi connectivity index (χ1v) is 8.74. The first-order valence-electron chi connectivity index (χ1n) is 8.74. The van der Waals surface area contributed by atoms with Gasteiger partial charge < -0.3 is 10.6 Å². The fourth-order valence-corrected chi connectivity index (χ4v) is 2.90. The summed E-state index contributed by atoms with van der Waals surface area (Å²) < 4.78 is 15.3. The van der Waals surface area contributed by atoms with Crippen molar-refractivity contribution >= 4 is 23.1 Å². The van der Waals surface area contributed by atoms with Gasteiger partial charge >= 0.3 is 0 Å². The van der Waals surface area contributed by atoms with Crippen molar-refractivity contribution in [1.29, 1.82) is 0 Å². The molecule has 3 aromatic rings. The number of rotatable bonds is 6. The van der Waals surface area contributed by atoms with Crippen LogP contribution in [0.3, 0.4) is 0 Å². The van der Waals surface area contributed by atoms with E-state index in [1.54, 1.807) is 29.7 Å². The van der Waals surface area contributed by atoms with E-state index in [2.05, 4.69) is 15.6 Å². The van der Waals surface area contributed by atoms with E-state index in [-0.39, 0.29) is 23.9 Å². The lowest BCUT2D eigenvalue weighted by Gasteiger charge is -2.08. The molecule has 2 N–H and O–H groups in total. The van der Waals surface area contributed by atoms with Gasteiger partial charge in [-0.05, 0) is 44.0 Å². The Balaban J connectivity index is 1.53. The van der Waals surface area contributed by atoms with Crippen LogP contribution in [0.1, 0.15) is 34.6 Å². The molecule has 0 aliphatic carbocycles. The Morgan fingerprint density at radius 1 is 1.15 bits per heavy atom. The molecule has 0 aliphatic rings. The van der Waals surface area contributed by atoms with Gasteiger partial charge in [0.2, 0.25) is 5.91 Å². The van der Waals surface area contributed by atoms with Crippen LogP contribution in [0.2, 0.25) is 0 Å². The van der Waals surface area contributed by atoms with Crippen LogP contribution in [0.15, 0.2) is 42.6 Å². The molecule has 6 nitrogen and oxygen atoms in total. The molecular formula is C20H21FN4O2. The zero-order chi connectivity index (χ0) is 19.4. The van der Waals surface area contributed by atoms with Gasteiger partial charge in [-0.25, -0.2) is 9.37 Å². The third-order valence-electron chi connectivity index (χ3n) is 4.25. The van der Waals surface area contributed by atoms with E-state index in [0.717, 1.165) is 11.2 Å². The van der Waals surface area contributed by atoms with Crippen LogP contribution in [-0.2, 0) is 4.79 Å². The number of halogens is 1. The molecule has 0 aliphatic heterocycles. The molecule has 0 fully saturated rings. The standard InChI is InChI=1S/C20H21FN4O2/c1-13-7-6-12-25-18(14(2)23-19(13)25)20(27)22-11-5-10-17(26)24-16-9-4-3-8-15(16)21/h3-4,6-9,12H,5,10-11H2,1-2H3,(H,22,27)(H,24,26). The predicted molar refractivity (Wildman–Crippen MR) is 101 cm³/mol. The topological polar surface area (TPSA) is 75.5 Å². The van der Waals surface area contributed by atoms with Gasteiger partial charge in [0.25, 0.3) is 5.91 Å². The molecule has 0 unspecified atom stereocenters. The summed E-state index contributed by atoms with van der Waals surface area (Å²) in [6.07, 6.45) is 2.43. The van der Waals surface area contributed by atoms with E-state index in [4.69, 9.17) is 0 Å². The fraction of sp³-hybridized carbons (Fsp3) is 0.250. The Hall–Kier alpha value is -3.22. The van der Waals surface area contributed by atoms with E-state index >= 15 is 0 Å². The van der Waals surface area contributed by atoms with Crippen molar-refractivity contribution in [3.05, 3.63) is 65.4 Å². The predicted octanol–water partition coefficient (Wildman–Crippen LogP) is 3.24. The highest BCUT2D eigenvalue weighted by Gasteiger charge is 2.17. The van der Waals surface area contributed by atoms with Crippen molar-refractivity contribution in [2.75, 3.05) is 11.9 Å². The summed E-state index contributed by atoms with van der Waals surface area (Å²) in [6, 6.07) is 9.81. The number of hydrogen-bond acceptors (Lipinski definition) is 3. The normalized spacial score (nSPS) is 10.8. The average Bonchev–Trinajstić information content (AvgIpc) is 2.98. The van der Waals surface area contributed by atoms with Crippen LogP contribution >= 0.6 is 0 Å². The number of aromatic nitrogens is 2. The number of hydrogen-bond donors (Lipinski definition) is 2. The zero-order valence-electron chi connectivity index (χ0n) is 15.3. The van der Waals surface area contributed by atoms with Gasteiger partial charge in [-0.15, -0.1) is 0 Å². The van der Waals surface area contributed by atoms with Crippen LogP contribution in [0, 0.1) is 19.7 Å². The zero-order valence-corrected chi connectivity index (χ0v) is 15.3. The summed E-state index contributed by atoms with van der Waals surface area (Å²) in [5, 5.41) is 5.34. The molecule has 1 aromatic carbocycles. The minimum absolute atomic E-state index is 0.156. The second kappa shape index (κ2) is 7.99. The summed E-state index contributed by atoms with van der Waals surface area (Å²) in [5.74, 6) is -1.01. The highest BCUT2D eigenvalue weighted by atomic mass is 19.1. The van der Waals surface area contributed by atoms with Crippen molar-refractivity contribution in [1.82, 2.24) is 14.7 Å². The smallest absolute Gasteiger partial charge is 0.270 e. The number of pyridine rings is 1. The number of imidazole rings is 1. The van der Waals surface area contributed by atoms with E-state index in [1.165, 1.54) is 12.1 Å². The van der Waals surface area contributed by atoms with E-state index < -0.39 is 5.82 Å². The minimum Gasteiger partial charge on any atom is -0.351 e. The largest absolute Gasteiger partial charge is 0.351 e. The van der Waals surface area contributed by atoms with Crippen LogP contribution in [-0.4, -0.2) is 27.7 Å². The highest BCUT2D eigenvalue weighted by Crippen LogP contribution is 2.15. The number of amides is 2. The Morgan fingerprint density at radius 2 is 1.93 bits per heavy atom. The highest BCUT2D eigenvalue weighted by molar-refractivity contribution is 5.95. The number of carbonyl (C=O) groups is 2. The van der Waals surface area contributed by atoms with Crippen LogP contribution in [0.25, 0.3) is 5.65 Å². The number of nitrogens with zero attached hydrogens (tertiary/aromatic N) is 2. The molecule has 2 amide bonds. The summed E-state index contributed by atoms with van der Waals surface area (Å²) in [5.41, 5.74) is 3.04. The number of aryl methyl sites for hydroxylation is 2. The van der Waals surface area contributed by atoms with E-state index in [1.807, 2.05) is 19.1 Å². The van der Waals surface area contributed by atoms with Gasteiger partial charge in [0.05, 0.1) is 11.4 Å². The second-order valence-electron chi connectivity index (χ2n) is 6.32. The van der Waals surface area contributed by atoms with E-state index in [0.29, 0.717) is 24.4 Å². The molecule has 2 heterocycles. The van der Waals surface area contributed by atoms with Crippen LogP contribution in [0.5, 0.6) is 0 Å². The molecule has 0 atom stereocenters. The Morgan fingerprint density at radius 3 is 2.70 bits per heavy atom. The Bertz CT molecular complexity index is 997. The summed E-state index contributed by atoms with van der Waals surface area (Å²) in [7, 11) is 0. The Labute approximate surface area is 156 Å². The van der Waals surface area contributed by atoms with Crippen LogP contribution < -0.4 is 10.6 Å². The quantitative estimate of drug-likeness (QED) is 0.656. The van der Waals surface area contributed by atoms with Gasteiger partial charge in [0.15, 0.2) is 0 Å². The van der Waals surface area contributed by atoms with Gasteiger partial charge in [0.1, 0.15) is 17.2 Å². The lowest BCUT2D eigenvalue weighted by atomic mass is 10.2. The molecule has 0 bridgehead atoms. The molecule has 0 saturated heterocycles. The fourth-order valence-electron chi connectivity index (χ4n) is 2.90. The van der Waals surface area contributed by atoms with Gasteiger partial charge in [-0.1, -0.05) is 18.2 Å². The molecular weight excluding hydrogens is 347 g/mol. The Kier molecular flexibility index (Phi) is 5.49. The van der Waals surface area contributed by atoms with Crippen molar-refractivity contribution in [2.24, 2.45) is 0 Å². The lowest BCUT2D eigenvalue weighted by molar-refractivity contribution is -0.116. The van der Waals surface area contributed by atoms with Gasteiger partial charge in [-0.2, -0.15) is 0 Å². The molecule has 2 aromatic heterocycles. The number of anilines is 1. The molecule has 27 heavy (non-hydrogen) atoms. The maximum atomic E-state index is 13.5. The molecule has 7 heteroatoms. The third-order valence-corrected chi connectivity index (χ3v) is 4.25. The summed E-state index contributed by atoms with van der Waals surface area (Å²) in [4.78, 5) is 28.9. The minimum atomic E-state index is -0.475. The molecule has 140 valence electrons. The van der Waals surface area contributed by atoms with Crippen LogP contribution in [0.4, 0.5) is 10.1 Å². The second-order valence-corrected chi connectivity index (χ2v) is 6.32. The van der Waals surface area contributed by atoms with Crippen molar-refractivity contribution in [3.8, 4) is 0 Å². The lowest BCUT2D eigenvalue weighted by Crippen LogP contribution is -2.27. The first kappa shape index (κ1) is 18.6. The maximum Gasteiger partial charge on any atom is 0.270 e. The molecule has 0 spiro atoms. The number of carbonyl (C=O) groups excluding carboxylic acids is 2. The van der Waals surface area contributed by atoms with Gasteiger partial charge in [-0.3, -0.25) is 14.0 Å².